The number of benzene rings is 1. The normalized spacial score (nSPS) is 20.2. The molecular formula is C15H18O2. The van der Waals surface area contributed by atoms with Crippen molar-refractivity contribution in [2.75, 3.05) is 0 Å². The molecule has 1 N–H and O–H groups in total. The quantitative estimate of drug-likeness (QED) is 0.846. The average Bonchev–Trinajstić information content (AvgIpc) is 2.22. The fraction of sp³-hybridized carbons (Fsp3) is 0.400. The summed E-state index contributed by atoms with van der Waals surface area (Å²) in [5, 5.41) is 9.49. The van der Waals surface area contributed by atoms with Gasteiger partial charge in [-0.1, -0.05) is 29.3 Å². The van der Waals surface area contributed by atoms with Crippen molar-refractivity contribution in [3.05, 3.63) is 46.7 Å². The molecule has 1 atom stereocenters. The molecular weight excluding hydrogens is 212 g/mol. The fourth-order valence-electron chi connectivity index (χ4n) is 2.46. The monoisotopic (exact) mass is 230 g/mol. The molecule has 0 spiro atoms. The summed E-state index contributed by atoms with van der Waals surface area (Å²) in [6.07, 6.45) is 3.38. The van der Waals surface area contributed by atoms with Crippen LogP contribution in [0.5, 0.6) is 0 Å². The molecule has 0 aromatic heterocycles. The maximum atomic E-state index is 11.8. The SMILES string of the molecule is Cc1cc(C)cc(CC2C=C(O)CCC2=O)c1. The zero-order chi connectivity index (χ0) is 12.4. The van der Waals surface area contributed by atoms with E-state index in [-0.39, 0.29) is 11.7 Å². The lowest BCUT2D eigenvalue weighted by Crippen LogP contribution is -2.19. The molecule has 1 aromatic rings. The van der Waals surface area contributed by atoms with Gasteiger partial charge in [-0.25, -0.2) is 0 Å². The van der Waals surface area contributed by atoms with Crippen LogP contribution in [0.25, 0.3) is 0 Å². The summed E-state index contributed by atoms with van der Waals surface area (Å²) in [7, 11) is 0. The first-order valence-electron chi connectivity index (χ1n) is 6.04. The van der Waals surface area contributed by atoms with Crippen molar-refractivity contribution in [3.8, 4) is 0 Å². The van der Waals surface area contributed by atoms with Gasteiger partial charge < -0.3 is 5.11 Å². The van der Waals surface area contributed by atoms with Crippen LogP contribution in [0.3, 0.4) is 0 Å². The van der Waals surface area contributed by atoms with Crippen molar-refractivity contribution < 1.29 is 9.90 Å². The molecule has 2 nitrogen and oxygen atoms in total. The number of hydrogen-bond acceptors (Lipinski definition) is 2. The molecule has 0 bridgehead atoms. The second-order valence-corrected chi connectivity index (χ2v) is 4.93. The summed E-state index contributed by atoms with van der Waals surface area (Å²) < 4.78 is 0. The zero-order valence-corrected chi connectivity index (χ0v) is 10.4. The van der Waals surface area contributed by atoms with Crippen LogP contribution in [0, 0.1) is 19.8 Å². The number of ketones is 1. The molecule has 0 radical (unpaired) electrons. The Morgan fingerprint density at radius 2 is 1.82 bits per heavy atom. The molecule has 1 aliphatic rings. The molecule has 1 unspecified atom stereocenters. The molecule has 1 aliphatic carbocycles. The van der Waals surface area contributed by atoms with E-state index in [1.165, 1.54) is 16.7 Å². The Morgan fingerprint density at radius 1 is 1.18 bits per heavy atom. The number of carbonyl (C=O) groups excluding carboxylic acids is 1. The summed E-state index contributed by atoms with van der Waals surface area (Å²) >= 11 is 0. The van der Waals surface area contributed by atoms with Gasteiger partial charge in [0, 0.05) is 18.8 Å². The predicted molar refractivity (Wildman–Crippen MR) is 68.1 cm³/mol. The highest BCUT2D eigenvalue weighted by atomic mass is 16.3. The van der Waals surface area contributed by atoms with Gasteiger partial charge in [-0.2, -0.15) is 0 Å². The number of hydrogen-bond donors (Lipinski definition) is 1. The first kappa shape index (κ1) is 11.9. The molecule has 2 heteroatoms. The summed E-state index contributed by atoms with van der Waals surface area (Å²) in [4.78, 5) is 11.8. The first-order chi connectivity index (χ1) is 8.04. The first-order valence-corrected chi connectivity index (χ1v) is 6.04. The smallest absolute Gasteiger partial charge is 0.140 e. The zero-order valence-electron chi connectivity index (χ0n) is 10.4. The third kappa shape index (κ3) is 2.96. The lowest BCUT2D eigenvalue weighted by atomic mass is 9.87. The molecule has 1 aromatic carbocycles. The minimum atomic E-state index is -0.148. The van der Waals surface area contributed by atoms with Gasteiger partial charge in [0.15, 0.2) is 0 Å². The highest BCUT2D eigenvalue weighted by Crippen LogP contribution is 2.22. The Hall–Kier alpha value is -1.57. The second-order valence-electron chi connectivity index (χ2n) is 4.93. The second kappa shape index (κ2) is 4.74. The third-order valence-electron chi connectivity index (χ3n) is 3.17. The van der Waals surface area contributed by atoms with Crippen molar-refractivity contribution in [1.82, 2.24) is 0 Å². The van der Waals surface area contributed by atoms with Crippen LogP contribution in [-0.2, 0) is 11.2 Å². The molecule has 2 rings (SSSR count). The van der Waals surface area contributed by atoms with Crippen LogP contribution in [0.15, 0.2) is 30.0 Å². The number of rotatable bonds is 2. The molecule has 17 heavy (non-hydrogen) atoms. The highest BCUT2D eigenvalue weighted by Gasteiger charge is 2.22. The Labute approximate surface area is 102 Å². The lowest BCUT2D eigenvalue weighted by molar-refractivity contribution is -0.122. The van der Waals surface area contributed by atoms with E-state index >= 15 is 0 Å². The van der Waals surface area contributed by atoms with Crippen molar-refractivity contribution in [3.63, 3.8) is 0 Å². The van der Waals surface area contributed by atoms with Crippen LogP contribution in [-0.4, -0.2) is 10.9 Å². The molecule has 0 saturated heterocycles. The van der Waals surface area contributed by atoms with E-state index < -0.39 is 0 Å². The Bertz CT molecular complexity index is 452. The molecule has 0 saturated carbocycles. The average molecular weight is 230 g/mol. The van der Waals surface area contributed by atoms with Gasteiger partial charge in [0.25, 0.3) is 0 Å². The molecule has 0 fully saturated rings. The summed E-state index contributed by atoms with van der Waals surface area (Å²) in [5.74, 6) is 0.450. The van der Waals surface area contributed by atoms with E-state index in [1.807, 2.05) is 0 Å². The predicted octanol–water partition coefficient (Wildman–Crippen LogP) is 3.27. The number of aliphatic hydroxyl groups excluding tert-OH is 1. The number of aryl methyl sites for hydroxylation is 2. The van der Waals surface area contributed by atoms with Crippen LogP contribution in [0.1, 0.15) is 29.5 Å². The third-order valence-corrected chi connectivity index (χ3v) is 3.17. The summed E-state index contributed by atoms with van der Waals surface area (Å²) in [6.45, 7) is 4.12. The van der Waals surface area contributed by atoms with Crippen molar-refractivity contribution >= 4 is 5.78 Å². The fourth-order valence-corrected chi connectivity index (χ4v) is 2.46. The highest BCUT2D eigenvalue weighted by molar-refractivity contribution is 5.84. The van der Waals surface area contributed by atoms with Gasteiger partial charge in [0.1, 0.15) is 5.78 Å². The Balaban J connectivity index is 2.19. The van der Waals surface area contributed by atoms with Crippen LogP contribution in [0.4, 0.5) is 0 Å². The maximum absolute atomic E-state index is 11.8. The number of carbonyl (C=O) groups is 1. The molecule has 0 aliphatic heterocycles. The Kier molecular flexibility index (Phi) is 3.32. The van der Waals surface area contributed by atoms with E-state index in [0.29, 0.717) is 25.0 Å². The van der Waals surface area contributed by atoms with E-state index in [2.05, 4.69) is 32.0 Å². The van der Waals surface area contributed by atoms with Crippen molar-refractivity contribution in [2.24, 2.45) is 5.92 Å². The van der Waals surface area contributed by atoms with E-state index in [4.69, 9.17) is 0 Å². The van der Waals surface area contributed by atoms with Gasteiger partial charge >= 0.3 is 0 Å². The minimum Gasteiger partial charge on any atom is -0.513 e. The van der Waals surface area contributed by atoms with E-state index in [9.17, 15) is 9.90 Å². The molecule has 90 valence electrons. The van der Waals surface area contributed by atoms with Gasteiger partial charge in [-0.15, -0.1) is 0 Å². The lowest BCUT2D eigenvalue weighted by Gasteiger charge is -2.17. The van der Waals surface area contributed by atoms with E-state index in [1.54, 1.807) is 6.08 Å². The maximum Gasteiger partial charge on any atom is 0.140 e. The molecule has 0 heterocycles. The van der Waals surface area contributed by atoms with Gasteiger partial charge in [0.2, 0.25) is 0 Å². The van der Waals surface area contributed by atoms with Gasteiger partial charge in [-0.3, -0.25) is 4.79 Å². The van der Waals surface area contributed by atoms with Crippen molar-refractivity contribution in [1.29, 1.82) is 0 Å². The van der Waals surface area contributed by atoms with Crippen LogP contribution in [0.2, 0.25) is 0 Å². The number of allylic oxidation sites excluding steroid dienone is 2. The van der Waals surface area contributed by atoms with Crippen molar-refractivity contribution in [2.45, 2.75) is 33.1 Å². The van der Waals surface area contributed by atoms with Gasteiger partial charge in [0.05, 0.1) is 5.76 Å². The summed E-state index contributed by atoms with van der Waals surface area (Å²) in [6, 6.07) is 6.35. The van der Waals surface area contributed by atoms with E-state index in [0.717, 1.165) is 0 Å². The minimum absolute atomic E-state index is 0.148. The topological polar surface area (TPSA) is 37.3 Å². The molecule has 0 amide bonds. The largest absolute Gasteiger partial charge is 0.513 e. The standard InChI is InChI=1S/C15H18O2/c1-10-5-11(2)7-12(6-10)8-13-9-14(16)3-4-15(13)17/h5-7,9,13,16H,3-4,8H2,1-2H3. The van der Waals surface area contributed by atoms with Crippen LogP contribution < -0.4 is 0 Å². The van der Waals surface area contributed by atoms with Gasteiger partial charge in [-0.05, 0) is 31.9 Å². The number of Topliss-reactive ketones (excluding diaryl/α,β-unsaturated/α-hetero) is 1. The number of aliphatic hydroxyl groups is 1. The summed E-state index contributed by atoms with van der Waals surface area (Å²) in [5.41, 5.74) is 3.61. The Morgan fingerprint density at radius 3 is 2.47 bits per heavy atom. The van der Waals surface area contributed by atoms with Crippen LogP contribution >= 0.6 is 0 Å².